The highest BCUT2D eigenvalue weighted by Crippen LogP contribution is 2.46. The normalized spacial score (nSPS) is 15.1. The summed E-state index contributed by atoms with van der Waals surface area (Å²) in [6.45, 7) is 1.69. The van der Waals surface area contributed by atoms with Crippen LogP contribution in [-0.4, -0.2) is 9.97 Å². The van der Waals surface area contributed by atoms with Crippen molar-refractivity contribution in [1.82, 2.24) is 9.97 Å². The summed E-state index contributed by atoms with van der Waals surface area (Å²) in [5, 5.41) is 0.665. The fraction of sp³-hybridized carbons (Fsp3) is 0.0952. The van der Waals surface area contributed by atoms with Gasteiger partial charge in [0.1, 0.15) is 11.4 Å². The van der Waals surface area contributed by atoms with Gasteiger partial charge in [-0.2, -0.15) is 4.98 Å². The Morgan fingerprint density at radius 1 is 0.963 bits per heavy atom. The molecule has 1 aliphatic rings. The summed E-state index contributed by atoms with van der Waals surface area (Å²) in [5.74, 6) is 0.429. The Bertz CT molecular complexity index is 1310. The number of H-pyrrole nitrogens is 1. The molecule has 3 heterocycles. The molecule has 1 aliphatic heterocycles. The van der Waals surface area contributed by atoms with Crippen LogP contribution in [0, 0.1) is 6.92 Å². The Morgan fingerprint density at radius 2 is 1.70 bits per heavy atom. The quantitative estimate of drug-likeness (QED) is 0.464. The van der Waals surface area contributed by atoms with Gasteiger partial charge in [-0.05, 0) is 24.6 Å². The third kappa shape index (κ3) is 2.30. The molecule has 0 spiro atoms. The molecule has 0 radical (unpaired) electrons. The molecule has 6 heteroatoms. The molecule has 132 valence electrons. The summed E-state index contributed by atoms with van der Waals surface area (Å²) >= 11 is 0. The van der Waals surface area contributed by atoms with Gasteiger partial charge in [-0.1, -0.05) is 42.5 Å². The maximum absolute atomic E-state index is 12.9. The van der Waals surface area contributed by atoms with E-state index in [2.05, 4.69) is 9.97 Å². The van der Waals surface area contributed by atoms with Crippen molar-refractivity contribution in [1.29, 1.82) is 0 Å². The van der Waals surface area contributed by atoms with Gasteiger partial charge in [0.05, 0.1) is 22.4 Å². The molecule has 0 aliphatic carbocycles. The van der Waals surface area contributed by atoms with Crippen molar-refractivity contribution in [3.8, 4) is 11.6 Å². The van der Waals surface area contributed by atoms with Gasteiger partial charge in [-0.25, -0.2) is 4.79 Å². The van der Waals surface area contributed by atoms with Gasteiger partial charge in [-0.3, -0.25) is 4.79 Å². The average molecular weight is 358 g/mol. The van der Waals surface area contributed by atoms with E-state index in [4.69, 9.17) is 9.15 Å². The molecular formula is C21H14N2O4. The monoisotopic (exact) mass is 358 g/mol. The number of aromatic amines is 1. The van der Waals surface area contributed by atoms with E-state index >= 15 is 0 Å². The Morgan fingerprint density at radius 3 is 2.52 bits per heavy atom. The fourth-order valence-corrected chi connectivity index (χ4v) is 3.62. The van der Waals surface area contributed by atoms with Gasteiger partial charge in [0.2, 0.25) is 5.88 Å². The molecule has 0 bridgehead atoms. The van der Waals surface area contributed by atoms with E-state index in [1.54, 1.807) is 19.1 Å². The zero-order chi connectivity index (χ0) is 18.5. The fourth-order valence-electron chi connectivity index (χ4n) is 3.62. The Labute approximate surface area is 153 Å². The number of hydrogen-bond donors (Lipinski definition) is 1. The van der Waals surface area contributed by atoms with Crippen LogP contribution in [0.1, 0.15) is 28.4 Å². The van der Waals surface area contributed by atoms with Gasteiger partial charge < -0.3 is 14.1 Å². The average Bonchev–Trinajstić information content (AvgIpc) is 2.67. The molecule has 0 amide bonds. The summed E-state index contributed by atoms with van der Waals surface area (Å²) in [6.07, 6.45) is 0. The van der Waals surface area contributed by atoms with Crippen molar-refractivity contribution in [2.45, 2.75) is 12.8 Å². The summed E-state index contributed by atoms with van der Waals surface area (Å²) in [5.41, 5.74) is 0.985. The minimum absolute atomic E-state index is 0.216. The van der Waals surface area contributed by atoms with Crippen LogP contribution in [0.15, 0.2) is 68.6 Å². The lowest BCUT2D eigenvalue weighted by molar-refractivity contribution is 0.419. The molecule has 27 heavy (non-hydrogen) atoms. The van der Waals surface area contributed by atoms with E-state index in [1.807, 2.05) is 42.5 Å². The lowest BCUT2D eigenvalue weighted by atomic mass is 9.84. The number of nitrogens with zero attached hydrogens (tertiary/aromatic N) is 1. The topological polar surface area (TPSA) is 85.2 Å². The highest BCUT2D eigenvalue weighted by atomic mass is 16.5. The molecule has 2 aromatic carbocycles. The number of rotatable bonds is 1. The molecule has 0 fully saturated rings. The summed E-state index contributed by atoms with van der Waals surface area (Å²) in [7, 11) is 0. The van der Waals surface area contributed by atoms with E-state index in [9.17, 15) is 9.59 Å². The molecule has 4 aromatic rings. The van der Waals surface area contributed by atoms with Gasteiger partial charge in [0.15, 0.2) is 5.75 Å². The van der Waals surface area contributed by atoms with Crippen molar-refractivity contribution in [2.75, 3.05) is 0 Å². The van der Waals surface area contributed by atoms with Gasteiger partial charge in [0.25, 0.3) is 5.56 Å². The van der Waals surface area contributed by atoms with E-state index in [0.29, 0.717) is 33.7 Å². The van der Waals surface area contributed by atoms with Crippen LogP contribution >= 0.6 is 0 Å². The third-order valence-electron chi connectivity index (χ3n) is 4.75. The minimum Gasteiger partial charge on any atom is -0.437 e. The number of aryl methyl sites for hydroxylation is 1. The lowest BCUT2D eigenvalue weighted by Crippen LogP contribution is -2.28. The molecule has 0 unspecified atom stereocenters. The van der Waals surface area contributed by atoms with E-state index < -0.39 is 11.5 Å². The number of hydrogen-bond acceptors (Lipinski definition) is 5. The van der Waals surface area contributed by atoms with E-state index in [1.165, 1.54) is 0 Å². The van der Waals surface area contributed by atoms with Crippen LogP contribution in [0.4, 0.5) is 0 Å². The summed E-state index contributed by atoms with van der Waals surface area (Å²) < 4.78 is 11.5. The Hall–Kier alpha value is -3.67. The predicted molar refractivity (Wildman–Crippen MR) is 99.5 cm³/mol. The van der Waals surface area contributed by atoms with Gasteiger partial charge >= 0.3 is 5.63 Å². The number of nitrogens with one attached hydrogen (secondary N) is 1. The number of aromatic nitrogens is 2. The first-order valence-electron chi connectivity index (χ1n) is 8.53. The Kier molecular flexibility index (Phi) is 3.27. The zero-order valence-corrected chi connectivity index (χ0v) is 14.4. The van der Waals surface area contributed by atoms with Crippen molar-refractivity contribution in [2.24, 2.45) is 0 Å². The molecular weight excluding hydrogens is 344 g/mol. The Balaban J connectivity index is 1.93. The molecule has 0 saturated carbocycles. The van der Waals surface area contributed by atoms with Crippen LogP contribution < -0.4 is 15.9 Å². The summed E-state index contributed by atoms with van der Waals surface area (Å²) in [4.78, 5) is 32.7. The van der Waals surface area contributed by atoms with Crippen molar-refractivity contribution >= 4 is 11.0 Å². The maximum atomic E-state index is 12.9. The van der Waals surface area contributed by atoms with Crippen molar-refractivity contribution in [3.63, 3.8) is 0 Å². The predicted octanol–water partition coefficient (Wildman–Crippen LogP) is 3.47. The first kappa shape index (κ1) is 15.6. The minimum atomic E-state index is -0.623. The smallest absolute Gasteiger partial charge is 0.344 e. The number of benzene rings is 2. The first-order chi connectivity index (χ1) is 13.1. The van der Waals surface area contributed by atoms with Crippen molar-refractivity contribution < 1.29 is 9.15 Å². The number of para-hydroxylation sites is 1. The summed E-state index contributed by atoms with van der Waals surface area (Å²) in [6, 6.07) is 16.5. The molecule has 6 nitrogen and oxygen atoms in total. The van der Waals surface area contributed by atoms with E-state index in [0.717, 1.165) is 5.56 Å². The standard InChI is InChI=1S/C21H14N2O4/c1-11-22-19(24)17-15(12-7-3-2-4-8-12)16-18(27-20(17)23-11)13-9-5-6-10-14(13)26-21(16)25/h2-10,15H,1H3,(H,22,23,24)/t15-/m0/s1. The first-order valence-corrected chi connectivity index (χ1v) is 8.53. The third-order valence-corrected chi connectivity index (χ3v) is 4.75. The zero-order valence-electron chi connectivity index (χ0n) is 14.4. The molecule has 1 atom stereocenters. The second-order valence-corrected chi connectivity index (χ2v) is 6.44. The van der Waals surface area contributed by atoms with Gasteiger partial charge in [0, 0.05) is 0 Å². The second kappa shape index (κ2) is 5.67. The molecule has 1 N–H and O–H groups in total. The van der Waals surface area contributed by atoms with Crippen LogP contribution in [0.3, 0.4) is 0 Å². The second-order valence-electron chi connectivity index (χ2n) is 6.44. The molecule has 0 saturated heterocycles. The maximum Gasteiger partial charge on any atom is 0.344 e. The number of fused-ring (bicyclic) bond motifs is 4. The SMILES string of the molecule is Cc1nc2c(c(=O)[nH]1)[C@@H](c1ccccc1)c1c(c3ccccc3oc1=O)O2. The van der Waals surface area contributed by atoms with Crippen LogP contribution in [0.5, 0.6) is 11.6 Å². The largest absolute Gasteiger partial charge is 0.437 e. The highest BCUT2D eigenvalue weighted by molar-refractivity contribution is 5.86. The van der Waals surface area contributed by atoms with E-state index in [-0.39, 0.29) is 11.4 Å². The van der Waals surface area contributed by atoms with Gasteiger partial charge in [-0.15, -0.1) is 0 Å². The lowest BCUT2D eigenvalue weighted by Gasteiger charge is -2.26. The van der Waals surface area contributed by atoms with Crippen LogP contribution in [0.25, 0.3) is 11.0 Å². The molecule has 2 aromatic heterocycles. The van der Waals surface area contributed by atoms with Crippen molar-refractivity contribution in [3.05, 3.63) is 97.9 Å². The van der Waals surface area contributed by atoms with Crippen LogP contribution in [0.2, 0.25) is 0 Å². The molecule has 5 rings (SSSR count). The number of ether oxygens (including phenoxy) is 1. The highest BCUT2D eigenvalue weighted by Gasteiger charge is 2.36. The van der Waals surface area contributed by atoms with Crippen LogP contribution in [-0.2, 0) is 0 Å².